The van der Waals surface area contributed by atoms with Gasteiger partial charge in [0, 0.05) is 19.0 Å². The van der Waals surface area contributed by atoms with Crippen LogP contribution in [0, 0.1) is 5.82 Å². The Balaban J connectivity index is 1.44. The molecule has 1 aliphatic rings. The monoisotopic (exact) mass is 491 g/mol. The Hall–Kier alpha value is -2.43. The molecule has 1 amide bonds. The van der Waals surface area contributed by atoms with E-state index in [1.54, 1.807) is 4.90 Å². The molecular weight excluding hydrogens is 465 g/mol. The van der Waals surface area contributed by atoms with Crippen LogP contribution >= 0.6 is 11.8 Å². The summed E-state index contributed by atoms with van der Waals surface area (Å²) in [5, 5.41) is 0. The van der Waals surface area contributed by atoms with Gasteiger partial charge in [0.15, 0.2) is 11.5 Å². The number of amides is 1. The van der Waals surface area contributed by atoms with Gasteiger partial charge in [0.05, 0.1) is 0 Å². The maximum Gasteiger partial charge on any atom is 0.244 e. The van der Waals surface area contributed by atoms with Crippen molar-refractivity contribution in [3.05, 3.63) is 60.2 Å². The van der Waals surface area contributed by atoms with Gasteiger partial charge in [-0.25, -0.2) is 17.8 Å². The number of nitrogens with one attached hydrogen (secondary N) is 1. The second-order valence-corrected chi connectivity index (χ2v) is 10.7. The molecule has 10 heteroatoms. The van der Waals surface area contributed by atoms with Crippen molar-refractivity contribution < 1.29 is 22.0 Å². The first kappa shape index (κ1) is 23.7. The molecule has 0 saturated carbocycles. The number of hydrogen-bond acceptors (Lipinski definition) is 6. The van der Waals surface area contributed by atoms with Crippen LogP contribution in [0.1, 0.15) is 31.1 Å². The van der Waals surface area contributed by atoms with E-state index in [9.17, 15) is 17.6 Å². The molecule has 1 saturated heterocycles. The smallest absolute Gasteiger partial charge is 0.244 e. The van der Waals surface area contributed by atoms with E-state index < -0.39 is 26.8 Å². The summed E-state index contributed by atoms with van der Waals surface area (Å²) in [4.78, 5) is 19.0. The molecular formula is C23H26FN3O4S2. The van der Waals surface area contributed by atoms with Gasteiger partial charge in [-0.15, -0.1) is 0 Å². The van der Waals surface area contributed by atoms with E-state index in [1.165, 1.54) is 30.0 Å². The van der Waals surface area contributed by atoms with E-state index in [2.05, 4.69) is 9.71 Å². The summed E-state index contributed by atoms with van der Waals surface area (Å²) in [6, 6.07) is 11.8. The number of hydrogen-bond donors (Lipinski definition) is 1. The lowest BCUT2D eigenvalue weighted by molar-refractivity contribution is -0.134. The van der Waals surface area contributed by atoms with Crippen molar-refractivity contribution in [1.29, 1.82) is 0 Å². The highest BCUT2D eigenvalue weighted by molar-refractivity contribution is 7.98. The Kier molecular flexibility index (Phi) is 7.35. The molecule has 0 bridgehead atoms. The third-order valence-electron chi connectivity index (χ3n) is 5.80. The molecule has 3 aromatic rings. The van der Waals surface area contributed by atoms with Crippen molar-refractivity contribution in [3.8, 4) is 0 Å². The Labute approximate surface area is 196 Å². The lowest BCUT2D eigenvalue weighted by Crippen LogP contribution is -2.50. The molecule has 7 nitrogen and oxygen atoms in total. The summed E-state index contributed by atoms with van der Waals surface area (Å²) in [5.74, 6) is 0.221. The molecule has 0 radical (unpaired) electrons. The zero-order valence-corrected chi connectivity index (χ0v) is 19.9. The minimum absolute atomic E-state index is 0.0983. The molecule has 1 atom stereocenters. The minimum atomic E-state index is -4.18. The van der Waals surface area contributed by atoms with E-state index >= 15 is 0 Å². The summed E-state index contributed by atoms with van der Waals surface area (Å²) < 4.78 is 48.0. The van der Waals surface area contributed by atoms with Crippen LogP contribution in [0.5, 0.6) is 0 Å². The van der Waals surface area contributed by atoms with Gasteiger partial charge in [0.2, 0.25) is 15.9 Å². The van der Waals surface area contributed by atoms with Gasteiger partial charge >= 0.3 is 0 Å². The van der Waals surface area contributed by atoms with Crippen molar-refractivity contribution in [2.75, 3.05) is 25.1 Å². The first-order valence-electron chi connectivity index (χ1n) is 10.8. The molecule has 0 aliphatic carbocycles. The van der Waals surface area contributed by atoms with Crippen molar-refractivity contribution >= 4 is 38.8 Å². The van der Waals surface area contributed by atoms with Crippen molar-refractivity contribution in [2.24, 2.45) is 0 Å². The number of sulfonamides is 1. The third kappa shape index (κ3) is 5.39. The van der Waals surface area contributed by atoms with Crippen molar-refractivity contribution in [1.82, 2.24) is 14.6 Å². The molecule has 1 fully saturated rings. The summed E-state index contributed by atoms with van der Waals surface area (Å²) in [6.45, 7) is 0.943. The molecule has 4 rings (SSSR count). The first-order chi connectivity index (χ1) is 15.9. The van der Waals surface area contributed by atoms with Gasteiger partial charge in [-0.3, -0.25) is 4.79 Å². The number of likely N-dealkylation sites (tertiary alicyclic amines) is 1. The van der Waals surface area contributed by atoms with Crippen LogP contribution in [0.15, 0.2) is 57.8 Å². The largest absolute Gasteiger partial charge is 0.440 e. The maximum atomic E-state index is 14.1. The van der Waals surface area contributed by atoms with Gasteiger partial charge in [-0.2, -0.15) is 16.5 Å². The van der Waals surface area contributed by atoms with E-state index in [0.29, 0.717) is 44.0 Å². The highest BCUT2D eigenvalue weighted by Crippen LogP contribution is 2.30. The molecule has 1 aromatic heterocycles. The van der Waals surface area contributed by atoms with Gasteiger partial charge in [-0.05, 0) is 55.5 Å². The predicted molar refractivity (Wildman–Crippen MR) is 126 cm³/mol. The van der Waals surface area contributed by atoms with Crippen LogP contribution in [-0.2, 0) is 14.8 Å². The standard InChI is InChI=1S/C23H26FN3O4S2/c1-32-15-12-19(26-33(29,30)21-9-5-2-6-17(21)24)23(28)27-13-10-16(11-14-27)22-25-18-7-3-4-8-20(18)31-22/h2-9,16,19,26H,10-15H2,1H3/t19-/m1/s1. The molecule has 33 heavy (non-hydrogen) atoms. The van der Waals surface area contributed by atoms with Crippen LogP contribution in [-0.4, -0.2) is 55.3 Å². The number of aromatic nitrogens is 1. The Morgan fingerprint density at radius 2 is 1.91 bits per heavy atom. The second-order valence-electron chi connectivity index (χ2n) is 8.01. The fourth-order valence-corrected chi connectivity index (χ4v) is 5.79. The van der Waals surface area contributed by atoms with Crippen LogP contribution in [0.4, 0.5) is 4.39 Å². The second kappa shape index (κ2) is 10.2. The fraction of sp³-hybridized carbons (Fsp3) is 0.391. The number of carbonyl (C=O) groups excluding carboxylic acids is 1. The third-order valence-corrected chi connectivity index (χ3v) is 7.95. The maximum absolute atomic E-state index is 14.1. The number of halogens is 1. The van der Waals surface area contributed by atoms with Crippen LogP contribution in [0.25, 0.3) is 11.1 Å². The van der Waals surface area contributed by atoms with Crippen molar-refractivity contribution in [3.63, 3.8) is 0 Å². The average Bonchev–Trinajstić information content (AvgIpc) is 3.26. The zero-order chi connectivity index (χ0) is 23.4. The lowest BCUT2D eigenvalue weighted by atomic mass is 9.96. The fourth-order valence-electron chi connectivity index (χ4n) is 4.01. The van der Waals surface area contributed by atoms with E-state index in [4.69, 9.17) is 4.42 Å². The number of thioether (sulfide) groups is 1. The van der Waals surface area contributed by atoms with Gasteiger partial charge in [0.1, 0.15) is 22.3 Å². The van der Waals surface area contributed by atoms with E-state index in [1.807, 2.05) is 30.5 Å². The van der Waals surface area contributed by atoms with Crippen LogP contribution < -0.4 is 4.72 Å². The molecule has 1 aliphatic heterocycles. The molecule has 1 N–H and O–H groups in total. The number of para-hydroxylation sites is 2. The number of fused-ring (bicyclic) bond motifs is 1. The predicted octanol–water partition coefficient (Wildman–Crippen LogP) is 3.77. The molecule has 0 spiro atoms. The number of nitrogens with zero attached hydrogens (tertiary/aromatic N) is 2. The Bertz CT molecular complexity index is 1190. The first-order valence-corrected chi connectivity index (χ1v) is 13.7. The van der Waals surface area contributed by atoms with Crippen LogP contribution in [0.2, 0.25) is 0 Å². The van der Waals surface area contributed by atoms with Crippen LogP contribution in [0.3, 0.4) is 0 Å². The van der Waals surface area contributed by atoms with Gasteiger partial charge < -0.3 is 9.32 Å². The molecule has 176 valence electrons. The summed E-state index contributed by atoms with van der Waals surface area (Å²) in [6.07, 6.45) is 3.55. The number of carbonyl (C=O) groups is 1. The minimum Gasteiger partial charge on any atom is -0.440 e. The summed E-state index contributed by atoms with van der Waals surface area (Å²) in [5.41, 5.74) is 1.55. The van der Waals surface area contributed by atoms with Gasteiger partial charge in [0.25, 0.3) is 0 Å². The Morgan fingerprint density at radius 3 is 2.61 bits per heavy atom. The normalized spacial score (nSPS) is 16.2. The quantitative estimate of drug-likeness (QED) is 0.516. The van der Waals surface area contributed by atoms with Gasteiger partial charge in [-0.1, -0.05) is 24.3 Å². The number of rotatable bonds is 8. The molecule has 0 unspecified atom stereocenters. The topological polar surface area (TPSA) is 92.5 Å². The summed E-state index contributed by atoms with van der Waals surface area (Å²) in [7, 11) is -4.18. The highest BCUT2D eigenvalue weighted by atomic mass is 32.2. The Morgan fingerprint density at radius 1 is 1.21 bits per heavy atom. The number of piperidine rings is 1. The van der Waals surface area contributed by atoms with E-state index in [-0.39, 0.29) is 11.8 Å². The van der Waals surface area contributed by atoms with E-state index in [0.717, 1.165) is 17.2 Å². The zero-order valence-electron chi connectivity index (χ0n) is 18.2. The number of oxazole rings is 1. The SMILES string of the molecule is CSCC[C@@H](NS(=O)(=O)c1ccccc1F)C(=O)N1CCC(c2nc3ccccc3o2)CC1. The molecule has 2 heterocycles. The molecule has 2 aromatic carbocycles. The highest BCUT2D eigenvalue weighted by Gasteiger charge is 2.33. The average molecular weight is 492 g/mol. The summed E-state index contributed by atoms with van der Waals surface area (Å²) >= 11 is 1.52. The lowest BCUT2D eigenvalue weighted by Gasteiger charge is -2.33. The van der Waals surface area contributed by atoms with Crippen molar-refractivity contribution in [2.45, 2.75) is 36.1 Å². The number of benzene rings is 2.